The Balaban J connectivity index is 0.000000187. The molecule has 1 aliphatic rings. The smallest absolute Gasteiger partial charge is 0.0563 e. The first kappa shape index (κ1) is 10.9. The molecule has 0 bridgehead atoms. The minimum atomic E-state index is -0.500. The van der Waals surface area contributed by atoms with E-state index in [0.717, 1.165) is 6.61 Å². The highest BCUT2D eigenvalue weighted by atomic mass is 16.5. The van der Waals surface area contributed by atoms with Gasteiger partial charge in [0.2, 0.25) is 0 Å². The van der Waals surface area contributed by atoms with Gasteiger partial charge < -0.3 is 9.84 Å². The van der Waals surface area contributed by atoms with E-state index in [1.54, 1.807) is 20.8 Å². The van der Waals surface area contributed by atoms with Gasteiger partial charge in [-0.1, -0.05) is 0 Å². The second kappa shape index (κ2) is 4.73. The summed E-state index contributed by atoms with van der Waals surface area (Å²) in [6.45, 7) is 8.33. The van der Waals surface area contributed by atoms with E-state index in [-0.39, 0.29) is 0 Å². The van der Waals surface area contributed by atoms with Crippen molar-refractivity contribution in [2.24, 2.45) is 0 Å². The molecule has 0 radical (unpaired) electrons. The normalized spacial score (nSPS) is 24.3. The van der Waals surface area contributed by atoms with E-state index in [1.807, 2.05) is 0 Å². The van der Waals surface area contributed by atoms with E-state index in [0.29, 0.717) is 6.10 Å². The topological polar surface area (TPSA) is 29.5 Å². The molecule has 11 heavy (non-hydrogen) atoms. The standard InChI is InChI=1S/C5H10O.C4H10O/c1-5-3-2-4-6-5;1-4(2,3)5/h5H,2-4H2,1H3;5H,1-3H3. The maximum Gasteiger partial charge on any atom is 0.0563 e. The molecule has 1 heterocycles. The number of hydrogen-bond acceptors (Lipinski definition) is 2. The fourth-order valence-electron chi connectivity index (χ4n) is 0.739. The van der Waals surface area contributed by atoms with Crippen LogP contribution in [0.15, 0.2) is 0 Å². The summed E-state index contributed by atoms with van der Waals surface area (Å²) in [7, 11) is 0. The zero-order valence-corrected chi connectivity index (χ0v) is 8.05. The van der Waals surface area contributed by atoms with Crippen LogP contribution < -0.4 is 0 Å². The van der Waals surface area contributed by atoms with Crippen LogP contribution in [0.2, 0.25) is 0 Å². The molecular weight excluding hydrogens is 140 g/mol. The molecule has 1 aliphatic heterocycles. The van der Waals surface area contributed by atoms with Gasteiger partial charge in [0.05, 0.1) is 11.7 Å². The van der Waals surface area contributed by atoms with Crippen LogP contribution in [-0.4, -0.2) is 23.4 Å². The maximum absolute atomic E-state index is 8.52. The molecule has 0 amide bonds. The van der Waals surface area contributed by atoms with Gasteiger partial charge in [-0.05, 0) is 40.5 Å². The predicted molar refractivity (Wildman–Crippen MR) is 46.6 cm³/mol. The summed E-state index contributed by atoms with van der Waals surface area (Å²) in [6, 6.07) is 0. The summed E-state index contributed by atoms with van der Waals surface area (Å²) < 4.78 is 5.15. The van der Waals surface area contributed by atoms with Crippen molar-refractivity contribution < 1.29 is 9.84 Å². The number of hydrogen-bond donors (Lipinski definition) is 1. The second-order valence-electron chi connectivity index (χ2n) is 3.99. The van der Waals surface area contributed by atoms with Crippen molar-refractivity contribution in [2.75, 3.05) is 6.61 Å². The SMILES string of the molecule is CC(C)(C)O.CC1CCCO1. The third-order valence-corrected chi connectivity index (χ3v) is 1.16. The largest absolute Gasteiger partial charge is 0.391 e. The van der Waals surface area contributed by atoms with Crippen LogP contribution in [-0.2, 0) is 4.74 Å². The van der Waals surface area contributed by atoms with Gasteiger partial charge >= 0.3 is 0 Å². The lowest BCUT2D eigenvalue weighted by atomic mass is 10.2. The van der Waals surface area contributed by atoms with Crippen molar-refractivity contribution in [3.8, 4) is 0 Å². The van der Waals surface area contributed by atoms with Crippen molar-refractivity contribution in [2.45, 2.75) is 52.2 Å². The van der Waals surface area contributed by atoms with Gasteiger partial charge in [-0.3, -0.25) is 0 Å². The van der Waals surface area contributed by atoms with Gasteiger partial charge in [0.25, 0.3) is 0 Å². The minimum Gasteiger partial charge on any atom is -0.391 e. The first-order chi connectivity index (χ1) is 4.89. The lowest BCUT2D eigenvalue weighted by molar-refractivity contribution is 0.102. The van der Waals surface area contributed by atoms with Gasteiger partial charge in [0.1, 0.15) is 0 Å². The number of rotatable bonds is 0. The molecule has 2 nitrogen and oxygen atoms in total. The van der Waals surface area contributed by atoms with Crippen LogP contribution in [0, 0.1) is 0 Å². The van der Waals surface area contributed by atoms with Crippen molar-refractivity contribution >= 4 is 0 Å². The molecule has 1 atom stereocenters. The molecule has 0 aromatic carbocycles. The Hall–Kier alpha value is -0.0800. The van der Waals surface area contributed by atoms with Gasteiger partial charge in [0.15, 0.2) is 0 Å². The van der Waals surface area contributed by atoms with Crippen LogP contribution in [0.5, 0.6) is 0 Å². The fraction of sp³-hybridized carbons (Fsp3) is 1.00. The second-order valence-corrected chi connectivity index (χ2v) is 3.99. The first-order valence-electron chi connectivity index (χ1n) is 4.23. The molecule has 1 fully saturated rings. The highest BCUT2D eigenvalue weighted by molar-refractivity contribution is 4.56. The summed E-state index contributed by atoms with van der Waals surface area (Å²) in [4.78, 5) is 0. The van der Waals surface area contributed by atoms with E-state index >= 15 is 0 Å². The van der Waals surface area contributed by atoms with Crippen molar-refractivity contribution in [3.05, 3.63) is 0 Å². The van der Waals surface area contributed by atoms with Gasteiger partial charge in [0, 0.05) is 6.61 Å². The van der Waals surface area contributed by atoms with Crippen LogP contribution in [0.3, 0.4) is 0 Å². The summed E-state index contributed by atoms with van der Waals surface area (Å²) in [5.41, 5.74) is -0.500. The zero-order valence-electron chi connectivity index (χ0n) is 8.05. The number of ether oxygens (including phenoxy) is 1. The lowest BCUT2D eigenvalue weighted by Crippen LogP contribution is -2.10. The van der Waals surface area contributed by atoms with Crippen molar-refractivity contribution in [1.29, 1.82) is 0 Å². The fourth-order valence-corrected chi connectivity index (χ4v) is 0.739. The molecule has 0 saturated carbocycles. The Morgan fingerprint density at radius 1 is 1.36 bits per heavy atom. The van der Waals surface area contributed by atoms with Crippen LogP contribution in [0.1, 0.15) is 40.5 Å². The van der Waals surface area contributed by atoms with Gasteiger partial charge in [-0.25, -0.2) is 0 Å². The molecule has 0 aromatic rings. The molecular formula is C9H20O2. The molecule has 0 spiro atoms. The van der Waals surface area contributed by atoms with Crippen molar-refractivity contribution in [3.63, 3.8) is 0 Å². The van der Waals surface area contributed by atoms with Crippen LogP contribution in [0.25, 0.3) is 0 Å². The summed E-state index contributed by atoms with van der Waals surface area (Å²) in [6.07, 6.45) is 3.08. The lowest BCUT2D eigenvalue weighted by Gasteiger charge is -2.04. The molecule has 0 aromatic heterocycles. The average molecular weight is 160 g/mol. The Kier molecular flexibility index (Phi) is 4.69. The third-order valence-electron chi connectivity index (χ3n) is 1.16. The predicted octanol–water partition coefficient (Wildman–Crippen LogP) is 1.96. The van der Waals surface area contributed by atoms with E-state index in [4.69, 9.17) is 9.84 Å². The van der Waals surface area contributed by atoms with E-state index in [1.165, 1.54) is 12.8 Å². The molecule has 1 N–H and O–H groups in total. The third kappa shape index (κ3) is 13.0. The number of aliphatic hydroxyl groups is 1. The Morgan fingerprint density at radius 3 is 1.91 bits per heavy atom. The molecule has 68 valence electrons. The molecule has 0 aliphatic carbocycles. The summed E-state index contributed by atoms with van der Waals surface area (Å²) in [5, 5.41) is 8.52. The molecule has 1 saturated heterocycles. The van der Waals surface area contributed by atoms with Crippen LogP contribution >= 0.6 is 0 Å². The molecule has 1 unspecified atom stereocenters. The molecule has 2 heteroatoms. The summed E-state index contributed by atoms with van der Waals surface area (Å²) >= 11 is 0. The quantitative estimate of drug-likeness (QED) is 0.587. The van der Waals surface area contributed by atoms with Crippen molar-refractivity contribution in [1.82, 2.24) is 0 Å². The molecule has 1 rings (SSSR count). The summed E-state index contributed by atoms with van der Waals surface area (Å²) in [5.74, 6) is 0. The average Bonchev–Trinajstić information content (AvgIpc) is 2.12. The Labute approximate surface area is 69.6 Å². The minimum absolute atomic E-state index is 0.500. The maximum atomic E-state index is 8.52. The zero-order chi connectivity index (χ0) is 8.91. The highest BCUT2D eigenvalue weighted by Gasteiger charge is 2.07. The first-order valence-corrected chi connectivity index (χ1v) is 4.23. The van der Waals surface area contributed by atoms with Gasteiger partial charge in [-0.2, -0.15) is 0 Å². The Bertz CT molecular complexity index is 82.2. The highest BCUT2D eigenvalue weighted by Crippen LogP contribution is 2.09. The monoisotopic (exact) mass is 160 g/mol. The van der Waals surface area contributed by atoms with E-state index in [9.17, 15) is 0 Å². The Morgan fingerprint density at radius 2 is 1.82 bits per heavy atom. The van der Waals surface area contributed by atoms with E-state index < -0.39 is 5.60 Å². The van der Waals surface area contributed by atoms with Crippen LogP contribution in [0.4, 0.5) is 0 Å². The van der Waals surface area contributed by atoms with Gasteiger partial charge in [-0.15, -0.1) is 0 Å². The van der Waals surface area contributed by atoms with E-state index in [2.05, 4.69) is 6.92 Å².